The van der Waals surface area contributed by atoms with Gasteiger partial charge < -0.3 is 11.1 Å². The summed E-state index contributed by atoms with van der Waals surface area (Å²) in [7, 11) is 0. The third-order valence-electron chi connectivity index (χ3n) is 3.86. The lowest BCUT2D eigenvalue weighted by Gasteiger charge is -2.13. The molecule has 1 unspecified atom stereocenters. The molecule has 0 saturated carbocycles. The topological polar surface area (TPSA) is 55.1 Å². The molecular formula is C19H24N2OS. The van der Waals surface area contributed by atoms with E-state index >= 15 is 0 Å². The summed E-state index contributed by atoms with van der Waals surface area (Å²) in [6.07, 6.45) is 1.14. The molecule has 0 aromatic heterocycles. The van der Waals surface area contributed by atoms with Crippen LogP contribution in [0.15, 0.2) is 41.3 Å². The van der Waals surface area contributed by atoms with Crippen LogP contribution in [0.4, 0.5) is 11.4 Å². The highest BCUT2D eigenvalue weighted by Gasteiger charge is 2.12. The predicted molar refractivity (Wildman–Crippen MR) is 100 cm³/mol. The van der Waals surface area contributed by atoms with Crippen molar-refractivity contribution in [2.45, 2.75) is 44.3 Å². The molecular weight excluding hydrogens is 304 g/mol. The highest BCUT2D eigenvalue weighted by Crippen LogP contribution is 2.28. The number of carbonyl (C=O) groups excluding carboxylic acids is 1. The van der Waals surface area contributed by atoms with Crippen LogP contribution in [0.3, 0.4) is 0 Å². The van der Waals surface area contributed by atoms with Gasteiger partial charge in [-0.3, -0.25) is 4.79 Å². The summed E-state index contributed by atoms with van der Waals surface area (Å²) in [5, 5.41) is 3.57. The van der Waals surface area contributed by atoms with Gasteiger partial charge in [-0.05, 0) is 61.7 Å². The lowest BCUT2D eigenvalue weighted by Crippen LogP contribution is -2.14. The Bertz CT molecular complexity index is 713. The number of benzene rings is 2. The number of anilines is 2. The van der Waals surface area contributed by atoms with Gasteiger partial charge in [0.05, 0.1) is 0 Å². The van der Waals surface area contributed by atoms with Crippen molar-refractivity contribution in [1.82, 2.24) is 0 Å². The van der Waals surface area contributed by atoms with Crippen LogP contribution in [0.5, 0.6) is 0 Å². The van der Waals surface area contributed by atoms with E-state index in [4.69, 9.17) is 5.73 Å². The first kappa shape index (κ1) is 17.4. The standard InChI is InChI=1S/C19H24N2OS/c1-5-14(4)23-16-8-9-18(13(3)10-16)21-19(22)17-11-15(20)7-6-12(17)2/h6-11,14H,5,20H2,1-4H3,(H,21,22). The van der Waals surface area contributed by atoms with Gasteiger partial charge in [0.2, 0.25) is 0 Å². The van der Waals surface area contributed by atoms with Crippen LogP contribution in [0.1, 0.15) is 41.8 Å². The molecule has 3 nitrogen and oxygen atoms in total. The Morgan fingerprint density at radius 3 is 2.57 bits per heavy atom. The first-order chi connectivity index (χ1) is 10.9. The highest BCUT2D eigenvalue weighted by atomic mass is 32.2. The van der Waals surface area contributed by atoms with Gasteiger partial charge >= 0.3 is 0 Å². The molecule has 1 atom stereocenters. The molecule has 0 spiro atoms. The molecule has 0 radical (unpaired) electrons. The van der Waals surface area contributed by atoms with E-state index in [1.807, 2.05) is 37.7 Å². The minimum atomic E-state index is -0.125. The molecule has 2 aromatic carbocycles. The summed E-state index contributed by atoms with van der Waals surface area (Å²) in [5.41, 5.74) is 9.81. The Morgan fingerprint density at radius 1 is 1.17 bits per heavy atom. The average molecular weight is 328 g/mol. The zero-order valence-corrected chi connectivity index (χ0v) is 15.0. The molecule has 0 heterocycles. The molecule has 0 fully saturated rings. The summed E-state index contributed by atoms with van der Waals surface area (Å²) in [5.74, 6) is -0.125. The molecule has 0 aliphatic heterocycles. The number of aryl methyl sites for hydroxylation is 2. The molecule has 2 rings (SSSR count). The average Bonchev–Trinajstić information content (AvgIpc) is 2.52. The SMILES string of the molecule is CCC(C)Sc1ccc(NC(=O)c2cc(N)ccc2C)c(C)c1. The van der Waals surface area contributed by atoms with Gasteiger partial charge in [0.15, 0.2) is 0 Å². The first-order valence-electron chi connectivity index (χ1n) is 7.85. The predicted octanol–water partition coefficient (Wildman–Crippen LogP) is 5.03. The van der Waals surface area contributed by atoms with E-state index in [1.165, 1.54) is 4.90 Å². The zero-order chi connectivity index (χ0) is 17.0. The number of hydrogen-bond acceptors (Lipinski definition) is 3. The molecule has 0 aliphatic rings. The van der Waals surface area contributed by atoms with Crippen LogP contribution in [0.25, 0.3) is 0 Å². The lowest BCUT2D eigenvalue weighted by atomic mass is 10.1. The van der Waals surface area contributed by atoms with Crippen molar-refractivity contribution in [3.8, 4) is 0 Å². The van der Waals surface area contributed by atoms with Crippen molar-refractivity contribution in [1.29, 1.82) is 0 Å². The van der Waals surface area contributed by atoms with Crippen LogP contribution in [-0.4, -0.2) is 11.2 Å². The number of amides is 1. The Balaban J connectivity index is 2.16. The molecule has 1 amide bonds. The van der Waals surface area contributed by atoms with Crippen molar-refractivity contribution < 1.29 is 4.79 Å². The van der Waals surface area contributed by atoms with Crippen LogP contribution >= 0.6 is 11.8 Å². The maximum absolute atomic E-state index is 12.5. The molecule has 0 aliphatic carbocycles. The normalized spacial score (nSPS) is 12.0. The number of hydrogen-bond donors (Lipinski definition) is 2. The maximum Gasteiger partial charge on any atom is 0.256 e. The minimum absolute atomic E-state index is 0.125. The van der Waals surface area contributed by atoms with E-state index in [2.05, 4.69) is 31.3 Å². The molecule has 3 N–H and O–H groups in total. The Hall–Kier alpha value is -1.94. The number of rotatable bonds is 5. The van der Waals surface area contributed by atoms with Gasteiger partial charge in [0.25, 0.3) is 5.91 Å². The Kier molecular flexibility index (Phi) is 5.72. The van der Waals surface area contributed by atoms with Crippen LogP contribution in [0.2, 0.25) is 0 Å². The monoisotopic (exact) mass is 328 g/mol. The fraction of sp³-hybridized carbons (Fsp3) is 0.316. The van der Waals surface area contributed by atoms with Crippen LogP contribution < -0.4 is 11.1 Å². The van der Waals surface area contributed by atoms with Crippen molar-refractivity contribution in [3.05, 3.63) is 53.1 Å². The number of nitrogen functional groups attached to an aromatic ring is 1. The van der Waals surface area contributed by atoms with Gasteiger partial charge in [-0.2, -0.15) is 0 Å². The van der Waals surface area contributed by atoms with Gasteiger partial charge in [-0.15, -0.1) is 11.8 Å². The van der Waals surface area contributed by atoms with Crippen LogP contribution in [0, 0.1) is 13.8 Å². The zero-order valence-electron chi connectivity index (χ0n) is 14.1. The van der Waals surface area contributed by atoms with Crippen LogP contribution in [-0.2, 0) is 0 Å². The summed E-state index contributed by atoms with van der Waals surface area (Å²) in [4.78, 5) is 13.7. The van der Waals surface area contributed by atoms with E-state index in [0.29, 0.717) is 16.5 Å². The van der Waals surface area contributed by atoms with Crippen molar-refractivity contribution in [2.24, 2.45) is 0 Å². The first-order valence-corrected chi connectivity index (χ1v) is 8.73. The second-order valence-corrected chi connectivity index (χ2v) is 7.35. The van der Waals surface area contributed by atoms with E-state index in [9.17, 15) is 4.79 Å². The van der Waals surface area contributed by atoms with E-state index in [1.54, 1.807) is 12.1 Å². The number of thioether (sulfide) groups is 1. The van der Waals surface area contributed by atoms with Crippen molar-refractivity contribution in [2.75, 3.05) is 11.1 Å². The molecule has 2 aromatic rings. The fourth-order valence-corrected chi connectivity index (χ4v) is 3.26. The third kappa shape index (κ3) is 4.52. The second kappa shape index (κ2) is 7.55. The van der Waals surface area contributed by atoms with Crippen molar-refractivity contribution >= 4 is 29.0 Å². The van der Waals surface area contributed by atoms with Gasteiger partial charge in [0, 0.05) is 27.1 Å². The van der Waals surface area contributed by atoms with Gasteiger partial charge in [-0.1, -0.05) is 19.9 Å². The molecule has 122 valence electrons. The molecule has 23 heavy (non-hydrogen) atoms. The van der Waals surface area contributed by atoms with E-state index < -0.39 is 0 Å². The quantitative estimate of drug-likeness (QED) is 0.598. The number of nitrogens with two attached hydrogens (primary N) is 1. The number of nitrogens with one attached hydrogen (secondary N) is 1. The fourth-order valence-electron chi connectivity index (χ4n) is 2.24. The summed E-state index contributed by atoms with van der Waals surface area (Å²) in [6, 6.07) is 11.5. The summed E-state index contributed by atoms with van der Waals surface area (Å²) in [6.45, 7) is 8.33. The molecule has 4 heteroatoms. The smallest absolute Gasteiger partial charge is 0.256 e. The third-order valence-corrected chi connectivity index (χ3v) is 5.13. The van der Waals surface area contributed by atoms with Gasteiger partial charge in [-0.25, -0.2) is 0 Å². The highest BCUT2D eigenvalue weighted by molar-refractivity contribution is 7.99. The summed E-state index contributed by atoms with van der Waals surface area (Å²) >= 11 is 1.86. The minimum Gasteiger partial charge on any atom is -0.399 e. The molecule has 0 saturated heterocycles. The Morgan fingerprint density at radius 2 is 1.91 bits per heavy atom. The summed E-state index contributed by atoms with van der Waals surface area (Å²) < 4.78 is 0. The van der Waals surface area contributed by atoms with Gasteiger partial charge in [0.1, 0.15) is 0 Å². The maximum atomic E-state index is 12.5. The lowest BCUT2D eigenvalue weighted by molar-refractivity contribution is 0.102. The molecule has 0 bridgehead atoms. The van der Waals surface area contributed by atoms with E-state index in [0.717, 1.165) is 23.2 Å². The van der Waals surface area contributed by atoms with E-state index in [-0.39, 0.29) is 5.91 Å². The second-order valence-electron chi connectivity index (χ2n) is 5.84. The Labute approximate surface area is 142 Å². The largest absolute Gasteiger partial charge is 0.399 e. The van der Waals surface area contributed by atoms with Crippen molar-refractivity contribution in [3.63, 3.8) is 0 Å². The number of carbonyl (C=O) groups is 1.